The zero-order valence-electron chi connectivity index (χ0n) is 7.54. The van der Waals surface area contributed by atoms with Gasteiger partial charge in [0.25, 0.3) is 0 Å². The second-order valence-electron chi connectivity index (χ2n) is 2.64. The van der Waals surface area contributed by atoms with Crippen molar-refractivity contribution in [2.45, 2.75) is 6.42 Å². The topological polar surface area (TPSA) is 52.8 Å². The summed E-state index contributed by atoms with van der Waals surface area (Å²) in [5.41, 5.74) is 0. The first-order chi connectivity index (χ1) is 6.65. The molecule has 1 rings (SSSR count). The van der Waals surface area contributed by atoms with Gasteiger partial charge in [0, 0.05) is 13.6 Å². The lowest BCUT2D eigenvalue weighted by atomic mass is 10.4. The van der Waals surface area contributed by atoms with Crippen LogP contribution in [-0.2, 0) is 0 Å². The monoisotopic (exact) mass is 214 g/mol. The second-order valence-corrected chi connectivity index (χ2v) is 2.98. The van der Waals surface area contributed by atoms with Gasteiger partial charge >= 0.3 is 0 Å². The van der Waals surface area contributed by atoms with Crippen molar-refractivity contribution in [3.63, 3.8) is 0 Å². The minimum Gasteiger partial charge on any atom is -0.356 e. The molecular weight excluding hydrogens is 207 g/mol. The summed E-state index contributed by atoms with van der Waals surface area (Å²) in [7, 11) is 1.64. The normalized spacial score (nSPS) is 9.57. The molecule has 0 saturated carbocycles. The van der Waals surface area contributed by atoms with E-state index in [4.69, 9.17) is 16.9 Å². The molecule has 1 heterocycles. The van der Waals surface area contributed by atoms with Crippen LogP contribution >= 0.6 is 11.6 Å². The van der Waals surface area contributed by atoms with Crippen LogP contribution in [0.3, 0.4) is 0 Å². The molecule has 0 aliphatic rings. The van der Waals surface area contributed by atoms with Crippen LogP contribution < -0.4 is 4.90 Å². The molecule has 14 heavy (non-hydrogen) atoms. The van der Waals surface area contributed by atoms with Crippen molar-refractivity contribution in [3.8, 4) is 6.07 Å². The summed E-state index contributed by atoms with van der Waals surface area (Å²) >= 11 is 5.51. The van der Waals surface area contributed by atoms with Gasteiger partial charge in [-0.25, -0.2) is 9.37 Å². The third-order valence-electron chi connectivity index (χ3n) is 1.62. The number of rotatable bonds is 3. The first-order valence-electron chi connectivity index (χ1n) is 3.91. The minimum absolute atomic E-state index is 0.00907. The van der Waals surface area contributed by atoms with E-state index in [1.807, 2.05) is 6.07 Å². The number of nitriles is 1. The third kappa shape index (κ3) is 2.54. The van der Waals surface area contributed by atoms with Gasteiger partial charge in [-0.3, -0.25) is 0 Å². The summed E-state index contributed by atoms with van der Waals surface area (Å²) < 4.78 is 13.1. The summed E-state index contributed by atoms with van der Waals surface area (Å²) in [6.07, 6.45) is 1.31. The van der Waals surface area contributed by atoms with Gasteiger partial charge in [0.05, 0.1) is 18.7 Å². The Kier molecular flexibility index (Phi) is 3.60. The highest BCUT2D eigenvalue weighted by molar-refractivity contribution is 6.28. The molecule has 0 aromatic carbocycles. The van der Waals surface area contributed by atoms with Crippen molar-refractivity contribution in [1.29, 1.82) is 5.26 Å². The Bertz CT molecular complexity index is 363. The van der Waals surface area contributed by atoms with Crippen LogP contribution in [0.4, 0.5) is 10.2 Å². The van der Waals surface area contributed by atoms with Crippen molar-refractivity contribution in [2.24, 2.45) is 0 Å². The predicted octanol–water partition coefficient (Wildman–Crippen LogP) is 1.62. The van der Waals surface area contributed by atoms with E-state index >= 15 is 0 Å². The maximum absolute atomic E-state index is 13.1. The lowest BCUT2D eigenvalue weighted by molar-refractivity contribution is 0.607. The Labute approximate surface area is 86.0 Å². The number of halogens is 2. The maximum atomic E-state index is 13.1. The molecule has 1 aromatic heterocycles. The van der Waals surface area contributed by atoms with Crippen molar-refractivity contribution in [2.75, 3.05) is 18.5 Å². The Balaban J connectivity index is 2.83. The van der Waals surface area contributed by atoms with Crippen LogP contribution in [0.25, 0.3) is 0 Å². The second kappa shape index (κ2) is 4.72. The van der Waals surface area contributed by atoms with E-state index in [2.05, 4.69) is 9.97 Å². The molecule has 74 valence electrons. The molecule has 0 unspecified atom stereocenters. The van der Waals surface area contributed by atoms with E-state index in [9.17, 15) is 4.39 Å². The van der Waals surface area contributed by atoms with Gasteiger partial charge in [-0.15, -0.1) is 0 Å². The highest BCUT2D eigenvalue weighted by Gasteiger charge is 2.10. The van der Waals surface area contributed by atoms with Crippen LogP contribution in [0, 0.1) is 17.1 Å². The first kappa shape index (κ1) is 10.7. The smallest absolute Gasteiger partial charge is 0.224 e. The predicted molar refractivity (Wildman–Crippen MR) is 50.5 cm³/mol. The molecule has 6 heteroatoms. The highest BCUT2D eigenvalue weighted by Crippen LogP contribution is 2.15. The van der Waals surface area contributed by atoms with Gasteiger partial charge in [0.1, 0.15) is 0 Å². The molecule has 0 radical (unpaired) electrons. The fourth-order valence-corrected chi connectivity index (χ4v) is 1.06. The molecule has 0 amide bonds. The van der Waals surface area contributed by atoms with Crippen LogP contribution in [0.5, 0.6) is 0 Å². The highest BCUT2D eigenvalue weighted by atomic mass is 35.5. The number of hydrogen-bond donors (Lipinski definition) is 0. The van der Waals surface area contributed by atoms with Crippen molar-refractivity contribution < 1.29 is 4.39 Å². The number of anilines is 1. The van der Waals surface area contributed by atoms with E-state index in [1.165, 1.54) is 4.90 Å². The van der Waals surface area contributed by atoms with Crippen molar-refractivity contribution in [3.05, 3.63) is 17.3 Å². The molecule has 0 fully saturated rings. The van der Waals surface area contributed by atoms with E-state index in [1.54, 1.807) is 7.05 Å². The SMILES string of the molecule is CN(CCC#N)c1nc(Cl)ncc1F. The lowest BCUT2D eigenvalue weighted by Gasteiger charge is -2.16. The molecule has 1 aromatic rings. The number of nitrogens with zero attached hydrogens (tertiary/aromatic N) is 4. The Morgan fingerprint density at radius 3 is 3.07 bits per heavy atom. The molecule has 0 saturated heterocycles. The van der Waals surface area contributed by atoms with Gasteiger partial charge < -0.3 is 4.90 Å². The summed E-state index contributed by atoms with van der Waals surface area (Å²) in [5.74, 6) is -0.435. The van der Waals surface area contributed by atoms with Gasteiger partial charge in [-0.2, -0.15) is 10.2 Å². The average Bonchev–Trinajstić information content (AvgIpc) is 2.18. The number of hydrogen-bond acceptors (Lipinski definition) is 4. The van der Waals surface area contributed by atoms with Crippen LogP contribution in [0.15, 0.2) is 6.20 Å². The van der Waals surface area contributed by atoms with E-state index in [-0.39, 0.29) is 11.1 Å². The largest absolute Gasteiger partial charge is 0.356 e. The number of aromatic nitrogens is 2. The van der Waals surface area contributed by atoms with Crippen LogP contribution in [0.1, 0.15) is 6.42 Å². The van der Waals surface area contributed by atoms with Crippen LogP contribution in [-0.4, -0.2) is 23.6 Å². The van der Waals surface area contributed by atoms with E-state index in [0.717, 1.165) is 6.20 Å². The fraction of sp³-hybridized carbons (Fsp3) is 0.375. The summed E-state index contributed by atoms with van der Waals surface area (Å²) in [4.78, 5) is 8.73. The Hall–Kier alpha value is -1.41. The molecule has 0 atom stereocenters. The summed E-state index contributed by atoms with van der Waals surface area (Å²) in [6, 6.07) is 1.96. The minimum atomic E-state index is -0.546. The van der Waals surface area contributed by atoms with Crippen LogP contribution in [0.2, 0.25) is 5.28 Å². The summed E-state index contributed by atoms with van der Waals surface area (Å²) in [6.45, 7) is 0.404. The maximum Gasteiger partial charge on any atom is 0.224 e. The molecule has 0 aliphatic carbocycles. The van der Waals surface area contributed by atoms with Crippen molar-refractivity contribution in [1.82, 2.24) is 9.97 Å². The van der Waals surface area contributed by atoms with Gasteiger partial charge in [0.2, 0.25) is 5.28 Å². The zero-order valence-corrected chi connectivity index (χ0v) is 8.29. The molecule has 0 spiro atoms. The van der Waals surface area contributed by atoms with Gasteiger partial charge in [0.15, 0.2) is 11.6 Å². The van der Waals surface area contributed by atoms with E-state index < -0.39 is 5.82 Å². The molecule has 0 aliphatic heterocycles. The Morgan fingerprint density at radius 1 is 1.71 bits per heavy atom. The lowest BCUT2D eigenvalue weighted by Crippen LogP contribution is -2.21. The van der Waals surface area contributed by atoms with Crippen molar-refractivity contribution >= 4 is 17.4 Å². The van der Waals surface area contributed by atoms with E-state index in [0.29, 0.717) is 13.0 Å². The van der Waals surface area contributed by atoms with Gasteiger partial charge in [-0.1, -0.05) is 0 Å². The zero-order chi connectivity index (χ0) is 10.6. The third-order valence-corrected chi connectivity index (χ3v) is 1.80. The fourth-order valence-electron chi connectivity index (χ4n) is 0.929. The molecule has 0 bridgehead atoms. The van der Waals surface area contributed by atoms with Gasteiger partial charge in [-0.05, 0) is 11.6 Å². The summed E-state index contributed by atoms with van der Waals surface area (Å²) in [5, 5.41) is 8.35. The quantitative estimate of drug-likeness (QED) is 0.718. The average molecular weight is 215 g/mol. The molecular formula is C8H8ClFN4. The standard InChI is InChI=1S/C8H8ClFN4/c1-14(4-2-3-11)7-6(10)5-12-8(9)13-7/h5H,2,4H2,1H3. The first-order valence-corrected chi connectivity index (χ1v) is 4.29. The molecule has 4 nitrogen and oxygen atoms in total. The Morgan fingerprint density at radius 2 is 2.43 bits per heavy atom. The molecule has 0 N–H and O–H groups in total.